The van der Waals surface area contributed by atoms with E-state index in [-0.39, 0.29) is 23.6 Å². The number of aromatic hydroxyl groups is 1. The Balaban J connectivity index is 0.000000658. The molecule has 5 N–H and O–H groups in total. The van der Waals surface area contributed by atoms with Crippen molar-refractivity contribution < 1.29 is 44.0 Å². The third-order valence-corrected chi connectivity index (χ3v) is 5.55. The Labute approximate surface area is 204 Å². The number of carbonyl (C=O) groups is 3. The Kier molecular flexibility index (Phi) is 11.6. The number of phenols is 1. The third kappa shape index (κ3) is 9.57. The van der Waals surface area contributed by atoms with Crippen molar-refractivity contribution in [1.29, 1.82) is 0 Å². The zero-order valence-electron chi connectivity index (χ0n) is 20.2. The van der Waals surface area contributed by atoms with E-state index in [9.17, 15) is 24.6 Å². The lowest BCUT2D eigenvalue weighted by atomic mass is 9.99. The number of amides is 1. The number of carbonyl (C=O) groups excluding carboxylic acids is 1. The maximum atomic E-state index is 10.8. The van der Waals surface area contributed by atoms with Gasteiger partial charge in [0.1, 0.15) is 30.5 Å². The highest BCUT2D eigenvalue weighted by molar-refractivity contribution is 5.89. The molecular formula is C25H33N2O8+. The summed E-state index contributed by atoms with van der Waals surface area (Å²) in [5, 5.41) is 38.6. The summed E-state index contributed by atoms with van der Waals surface area (Å²) in [6.45, 7) is 2.54. The molecule has 0 spiro atoms. The number of rotatable bonds is 11. The van der Waals surface area contributed by atoms with Gasteiger partial charge in [-0.05, 0) is 30.2 Å². The van der Waals surface area contributed by atoms with Gasteiger partial charge in [0.05, 0.1) is 19.8 Å². The van der Waals surface area contributed by atoms with E-state index in [1.807, 2.05) is 44.4 Å². The number of methoxy groups -OCH3 is 1. The van der Waals surface area contributed by atoms with Crippen LogP contribution < -0.4 is 5.32 Å². The zero-order chi connectivity index (χ0) is 26.6. The molecule has 0 bridgehead atoms. The van der Waals surface area contributed by atoms with Crippen LogP contribution in [0.5, 0.6) is 5.75 Å². The van der Waals surface area contributed by atoms with Gasteiger partial charge in [-0.2, -0.15) is 0 Å². The first-order chi connectivity index (χ1) is 16.4. The number of hydrogen-bond acceptors (Lipinski definition) is 6. The van der Waals surface area contributed by atoms with Crippen LogP contribution in [0.25, 0.3) is 0 Å². The van der Waals surface area contributed by atoms with Crippen molar-refractivity contribution in [3.8, 4) is 5.75 Å². The predicted octanol–water partition coefficient (Wildman–Crippen LogP) is 2.56. The summed E-state index contributed by atoms with van der Waals surface area (Å²) < 4.78 is 6.28. The molecule has 35 heavy (non-hydrogen) atoms. The van der Waals surface area contributed by atoms with Gasteiger partial charge in [0.15, 0.2) is 0 Å². The minimum atomic E-state index is -1.26. The second-order valence-corrected chi connectivity index (χ2v) is 8.33. The Morgan fingerprint density at radius 3 is 2.09 bits per heavy atom. The molecule has 0 saturated heterocycles. The normalized spacial score (nSPS) is 13.7. The van der Waals surface area contributed by atoms with Crippen molar-refractivity contribution in [2.45, 2.75) is 25.2 Å². The average Bonchev–Trinajstić information content (AvgIpc) is 2.80. The largest absolute Gasteiger partial charge is 0.506 e. The van der Waals surface area contributed by atoms with Crippen LogP contribution in [0.2, 0.25) is 0 Å². The minimum absolute atomic E-state index is 0.0382. The number of carboxylic acids is 2. The number of likely N-dealkylation sites (N-methyl/N-ethyl adjacent to an activating group) is 1. The number of benzene rings is 2. The van der Waals surface area contributed by atoms with Crippen LogP contribution in [0, 0.1) is 0 Å². The number of hydrogen-bond donors (Lipinski definition) is 5. The SMILES string of the molecule is COC(c1ccccc1)C(C)[N+](C)(C)CC(O)c1ccc(O)c(NC=O)c1.O=C(O)/C=C/C(=O)O. The third-order valence-electron chi connectivity index (χ3n) is 5.55. The monoisotopic (exact) mass is 489 g/mol. The number of aliphatic carboxylic acids is 2. The molecule has 1 amide bonds. The van der Waals surface area contributed by atoms with Crippen molar-refractivity contribution in [2.24, 2.45) is 0 Å². The number of nitrogens with zero attached hydrogens (tertiary/aromatic N) is 1. The fraction of sp³-hybridized carbons (Fsp3) is 0.320. The molecule has 0 fully saturated rings. The van der Waals surface area contributed by atoms with E-state index in [4.69, 9.17) is 14.9 Å². The van der Waals surface area contributed by atoms with Crippen LogP contribution in [0.1, 0.15) is 30.3 Å². The predicted molar refractivity (Wildman–Crippen MR) is 130 cm³/mol. The molecule has 2 aromatic carbocycles. The van der Waals surface area contributed by atoms with Crippen molar-refractivity contribution >= 4 is 24.0 Å². The lowest BCUT2D eigenvalue weighted by molar-refractivity contribution is -0.921. The van der Waals surface area contributed by atoms with Gasteiger partial charge in [-0.3, -0.25) is 4.79 Å². The van der Waals surface area contributed by atoms with Gasteiger partial charge in [-0.25, -0.2) is 9.59 Å². The minimum Gasteiger partial charge on any atom is -0.506 e. The molecule has 2 aromatic rings. The molecule has 2 rings (SSSR count). The molecule has 0 radical (unpaired) electrons. The van der Waals surface area contributed by atoms with Crippen molar-refractivity contribution in [3.05, 3.63) is 71.8 Å². The van der Waals surface area contributed by atoms with Gasteiger partial charge in [0.25, 0.3) is 0 Å². The first-order valence-corrected chi connectivity index (χ1v) is 10.7. The number of ether oxygens (including phenoxy) is 1. The molecule has 0 aromatic heterocycles. The maximum absolute atomic E-state index is 10.8. The summed E-state index contributed by atoms with van der Waals surface area (Å²) in [7, 11) is 5.80. The van der Waals surface area contributed by atoms with Crippen LogP contribution in [-0.2, 0) is 19.1 Å². The molecule has 3 atom stereocenters. The molecule has 0 saturated carbocycles. The van der Waals surface area contributed by atoms with Gasteiger partial charge < -0.3 is 35.0 Å². The average molecular weight is 490 g/mol. The summed E-state index contributed by atoms with van der Waals surface area (Å²) >= 11 is 0. The summed E-state index contributed by atoms with van der Waals surface area (Å²) in [5.41, 5.74) is 2.00. The number of anilines is 1. The molecule has 0 heterocycles. The number of quaternary nitrogens is 1. The quantitative estimate of drug-likeness (QED) is 0.140. The molecule has 0 aliphatic carbocycles. The highest BCUT2D eigenvalue weighted by Crippen LogP contribution is 2.31. The van der Waals surface area contributed by atoms with E-state index >= 15 is 0 Å². The highest BCUT2D eigenvalue weighted by Gasteiger charge is 2.35. The van der Waals surface area contributed by atoms with E-state index in [1.165, 1.54) is 6.07 Å². The van der Waals surface area contributed by atoms with Crippen LogP contribution in [0.3, 0.4) is 0 Å². The van der Waals surface area contributed by atoms with E-state index < -0.39 is 18.0 Å². The smallest absolute Gasteiger partial charge is 0.328 e. The van der Waals surface area contributed by atoms with Gasteiger partial charge in [-0.15, -0.1) is 0 Å². The van der Waals surface area contributed by atoms with Crippen LogP contribution in [0.15, 0.2) is 60.7 Å². The second kappa shape index (κ2) is 13.9. The number of aliphatic hydroxyl groups is 1. The molecule has 10 nitrogen and oxygen atoms in total. The Morgan fingerprint density at radius 2 is 1.60 bits per heavy atom. The lowest BCUT2D eigenvalue weighted by Crippen LogP contribution is -2.52. The van der Waals surface area contributed by atoms with E-state index in [1.54, 1.807) is 19.2 Å². The number of nitrogens with one attached hydrogen (secondary N) is 1. The molecular weight excluding hydrogens is 456 g/mol. The number of carboxylic acid groups (broad SMARTS) is 2. The van der Waals surface area contributed by atoms with Gasteiger partial charge in [0, 0.05) is 19.3 Å². The second-order valence-electron chi connectivity index (χ2n) is 8.33. The lowest BCUT2D eigenvalue weighted by Gasteiger charge is -2.41. The molecule has 0 aliphatic rings. The van der Waals surface area contributed by atoms with Crippen LogP contribution >= 0.6 is 0 Å². The first kappa shape index (κ1) is 29.3. The van der Waals surface area contributed by atoms with Crippen LogP contribution in [-0.4, -0.2) is 77.0 Å². The summed E-state index contributed by atoms with van der Waals surface area (Å²) in [5.74, 6) is -2.55. The number of aliphatic hydroxyl groups excluding tert-OH is 1. The Bertz CT molecular complexity index is 992. The van der Waals surface area contributed by atoms with Crippen molar-refractivity contribution in [1.82, 2.24) is 0 Å². The fourth-order valence-corrected chi connectivity index (χ4v) is 3.42. The molecule has 190 valence electrons. The summed E-state index contributed by atoms with van der Waals surface area (Å²) in [6, 6.07) is 14.8. The van der Waals surface area contributed by atoms with Gasteiger partial charge in [0.2, 0.25) is 6.41 Å². The van der Waals surface area contributed by atoms with Gasteiger partial charge in [-0.1, -0.05) is 36.4 Å². The number of phenolic OH excluding ortho intramolecular Hbond substituents is 1. The van der Waals surface area contributed by atoms with Crippen LogP contribution in [0.4, 0.5) is 5.69 Å². The molecule has 3 unspecified atom stereocenters. The fourth-order valence-electron chi connectivity index (χ4n) is 3.42. The van der Waals surface area contributed by atoms with Crippen molar-refractivity contribution in [3.63, 3.8) is 0 Å². The molecule has 0 aliphatic heterocycles. The van der Waals surface area contributed by atoms with Crippen molar-refractivity contribution in [2.75, 3.05) is 33.1 Å². The topological polar surface area (TPSA) is 153 Å². The van der Waals surface area contributed by atoms with E-state index in [0.29, 0.717) is 35.2 Å². The van der Waals surface area contributed by atoms with E-state index in [0.717, 1.165) is 5.56 Å². The maximum Gasteiger partial charge on any atom is 0.328 e. The Morgan fingerprint density at radius 1 is 1.03 bits per heavy atom. The summed E-state index contributed by atoms with van der Waals surface area (Å²) in [6.07, 6.45) is 0.741. The van der Waals surface area contributed by atoms with E-state index in [2.05, 4.69) is 12.2 Å². The highest BCUT2D eigenvalue weighted by atomic mass is 16.5. The standard InChI is InChI=1S/C21H28N2O4.C4H4O4/c1-15(21(27-4)16-8-6-5-7-9-16)23(2,3)13-20(26)17-10-11-19(25)18(12-17)22-14-24;5-3(6)1-2-4(7)8/h5-12,14-15,20-21,26H,13H2,1-4H3,(H-,22,24,25);1-2H,(H,5,6)(H,7,8)/p+1/b;2-1+. The summed E-state index contributed by atoms with van der Waals surface area (Å²) in [4.78, 5) is 29.8. The van der Waals surface area contributed by atoms with Gasteiger partial charge >= 0.3 is 11.9 Å². The molecule has 10 heteroatoms. The first-order valence-electron chi connectivity index (χ1n) is 10.7. The zero-order valence-corrected chi connectivity index (χ0v) is 20.2. The Hall–Kier alpha value is -3.73.